The van der Waals surface area contributed by atoms with Crippen LogP contribution in [0.3, 0.4) is 0 Å². The van der Waals surface area contributed by atoms with Crippen LogP contribution in [-0.4, -0.2) is 20.6 Å². The number of halogens is 1. The van der Waals surface area contributed by atoms with E-state index in [9.17, 15) is 9.18 Å². The number of aromatic carboxylic acids is 1. The van der Waals surface area contributed by atoms with Crippen LogP contribution in [0.4, 0.5) is 4.39 Å². The topological polar surface area (TPSA) is 81.1 Å². The van der Waals surface area contributed by atoms with Gasteiger partial charge in [0.25, 0.3) is 0 Å². The van der Waals surface area contributed by atoms with Crippen LogP contribution in [0.5, 0.6) is 0 Å². The molecule has 5 nitrogen and oxygen atoms in total. The fourth-order valence-corrected chi connectivity index (χ4v) is 3.24. The van der Waals surface area contributed by atoms with E-state index in [1.165, 1.54) is 12.1 Å². The molecule has 2 aromatic carbocycles. The fourth-order valence-electron chi connectivity index (χ4n) is 3.24. The van der Waals surface area contributed by atoms with Gasteiger partial charge in [0.15, 0.2) is 0 Å². The molecule has 1 heterocycles. The van der Waals surface area contributed by atoms with E-state index in [1.807, 2.05) is 19.1 Å². The third-order valence-corrected chi connectivity index (χ3v) is 4.50. The molecule has 3 N–H and O–H groups in total. The van der Waals surface area contributed by atoms with E-state index in [2.05, 4.69) is 11.5 Å². The van der Waals surface area contributed by atoms with Crippen LogP contribution in [-0.2, 0) is 19.5 Å². The van der Waals surface area contributed by atoms with Crippen molar-refractivity contribution in [1.29, 1.82) is 0 Å². The number of carbonyl (C=O) groups is 1. The summed E-state index contributed by atoms with van der Waals surface area (Å²) in [7, 11) is 0. The van der Waals surface area contributed by atoms with Crippen LogP contribution < -0.4 is 5.73 Å². The second kappa shape index (κ2) is 7.25. The first-order chi connectivity index (χ1) is 12.4. The Hall–Kier alpha value is -2.73. The first kappa shape index (κ1) is 18.1. The highest BCUT2D eigenvalue weighted by Crippen LogP contribution is 2.24. The molecule has 0 radical (unpaired) electrons. The molecule has 0 bridgehead atoms. The maximum atomic E-state index is 14.1. The van der Waals surface area contributed by atoms with E-state index in [4.69, 9.17) is 15.8 Å². The predicted octanol–water partition coefficient (Wildman–Crippen LogP) is 3.64. The number of hydrogen-bond donors (Lipinski definition) is 2. The number of imidazole rings is 1. The van der Waals surface area contributed by atoms with Crippen molar-refractivity contribution in [3.63, 3.8) is 0 Å². The number of fused-ring (bicyclic) bond motifs is 1. The Balaban J connectivity index is 2.10. The van der Waals surface area contributed by atoms with Gasteiger partial charge in [-0.15, -0.1) is 0 Å². The Labute approximate surface area is 151 Å². The standard InChI is InChI=1S/C20H22FN3O2/c1-3-4-18-23-19-12(2)7-14(10-22)9-17(19)24(18)11-13-5-6-15(20(25)26)16(21)8-13/h5-9H,3-4,10-11,22H2,1-2H3,(H,25,26). The van der Waals surface area contributed by atoms with Crippen LogP contribution in [0.25, 0.3) is 11.0 Å². The lowest BCUT2D eigenvalue weighted by atomic mass is 10.1. The molecule has 6 heteroatoms. The Kier molecular flexibility index (Phi) is 5.04. The van der Waals surface area contributed by atoms with Crippen LogP contribution >= 0.6 is 0 Å². The van der Waals surface area contributed by atoms with Crippen molar-refractivity contribution in [2.24, 2.45) is 5.73 Å². The normalized spacial score (nSPS) is 11.2. The summed E-state index contributed by atoms with van der Waals surface area (Å²) in [5.74, 6) is -1.06. The minimum atomic E-state index is -1.27. The third kappa shape index (κ3) is 3.32. The van der Waals surface area contributed by atoms with Crippen molar-refractivity contribution in [1.82, 2.24) is 9.55 Å². The molecule has 0 atom stereocenters. The second-order valence-electron chi connectivity index (χ2n) is 6.47. The molecule has 0 fully saturated rings. The summed E-state index contributed by atoms with van der Waals surface area (Å²) in [5, 5.41) is 8.99. The molecule has 0 spiro atoms. The maximum Gasteiger partial charge on any atom is 0.338 e. The summed E-state index contributed by atoms with van der Waals surface area (Å²) in [6.45, 7) is 4.96. The number of aromatic nitrogens is 2. The molecule has 3 rings (SSSR count). The van der Waals surface area contributed by atoms with E-state index in [0.29, 0.717) is 18.7 Å². The summed E-state index contributed by atoms with van der Waals surface area (Å²) in [4.78, 5) is 15.8. The Bertz CT molecular complexity index is 979. The first-order valence-electron chi connectivity index (χ1n) is 8.65. The average molecular weight is 355 g/mol. The minimum Gasteiger partial charge on any atom is -0.478 e. The fraction of sp³-hybridized carbons (Fsp3) is 0.300. The number of rotatable bonds is 6. The molecule has 1 aromatic heterocycles. The summed E-state index contributed by atoms with van der Waals surface area (Å²) < 4.78 is 16.1. The number of hydrogen-bond acceptors (Lipinski definition) is 3. The van der Waals surface area contributed by atoms with Crippen molar-refractivity contribution in [2.75, 3.05) is 0 Å². The van der Waals surface area contributed by atoms with Gasteiger partial charge in [0.2, 0.25) is 0 Å². The number of aryl methyl sites for hydroxylation is 2. The van der Waals surface area contributed by atoms with Crippen molar-refractivity contribution in [2.45, 2.75) is 39.8 Å². The van der Waals surface area contributed by atoms with Gasteiger partial charge in [-0.05, 0) is 48.2 Å². The van der Waals surface area contributed by atoms with Crippen LogP contribution in [0.1, 0.15) is 46.2 Å². The van der Waals surface area contributed by atoms with Gasteiger partial charge in [-0.3, -0.25) is 0 Å². The third-order valence-electron chi connectivity index (χ3n) is 4.50. The number of carboxylic acids is 1. The molecule has 0 aliphatic carbocycles. The zero-order valence-corrected chi connectivity index (χ0v) is 14.9. The van der Waals surface area contributed by atoms with Gasteiger partial charge < -0.3 is 15.4 Å². The number of nitrogens with two attached hydrogens (primary N) is 1. The summed E-state index contributed by atoms with van der Waals surface area (Å²) in [6, 6.07) is 8.30. The molecule has 0 saturated heterocycles. The Morgan fingerprint density at radius 2 is 2.04 bits per heavy atom. The van der Waals surface area contributed by atoms with Crippen molar-refractivity contribution >= 4 is 17.0 Å². The lowest BCUT2D eigenvalue weighted by Gasteiger charge is -2.11. The molecule has 136 valence electrons. The van der Waals surface area contributed by atoms with Crippen molar-refractivity contribution < 1.29 is 14.3 Å². The van der Waals surface area contributed by atoms with E-state index in [0.717, 1.165) is 40.8 Å². The van der Waals surface area contributed by atoms with E-state index in [-0.39, 0.29) is 5.56 Å². The predicted molar refractivity (Wildman–Crippen MR) is 98.8 cm³/mol. The first-order valence-corrected chi connectivity index (χ1v) is 8.65. The lowest BCUT2D eigenvalue weighted by molar-refractivity contribution is 0.0692. The molecule has 26 heavy (non-hydrogen) atoms. The highest BCUT2D eigenvalue weighted by molar-refractivity contribution is 5.88. The van der Waals surface area contributed by atoms with Crippen LogP contribution in [0, 0.1) is 12.7 Å². The van der Waals surface area contributed by atoms with Crippen molar-refractivity contribution in [3.8, 4) is 0 Å². The van der Waals surface area contributed by atoms with Gasteiger partial charge in [-0.2, -0.15) is 0 Å². The van der Waals surface area contributed by atoms with E-state index in [1.54, 1.807) is 6.07 Å². The van der Waals surface area contributed by atoms with Gasteiger partial charge in [0, 0.05) is 19.5 Å². The molecule has 0 aliphatic rings. The van der Waals surface area contributed by atoms with E-state index < -0.39 is 11.8 Å². The molecule has 0 saturated carbocycles. The van der Waals surface area contributed by atoms with E-state index >= 15 is 0 Å². The molecular formula is C20H22FN3O2. The highest BCUT2D eigenvalue weighted by Gasteiger charge is 2.15. The van der Waals surface area contributed by atoms with Gasteiger partial charge in [-0.1, -0.05) is 19.1 Å². The van der Waals surface area contributed by atoms with Gasteiger partial charge >= 0.3 is 5.97 Å². The molecule has 3 aromatic rings. The maximum absolute atomic E-state index is 14.1. The smallest absolute Gasteiger partial charge is 0.338 e. The quantitative estimate of drug-likeness (QED) is 0.707. The molecular weight excluding hydrogens is 333 g/mol. The van der Waals surface area contributed by atoms with Gasteiger partial charge in [0.05, 0.1) is 16.6 Å². The zero-order valence-electron chi connectivity index (χ0n) is 14.9. The van der Waals surface area contributed by atoms with Gasteiger partial charge in [-0.25, -0.2) is 14.2 Å². The summed E-state index contributed by atoms with van der Waals surface area (Å²) in [5.41, 5.74) is 10.2. The van der Waals surface area contributed by atoms with Crippen LogP contribution in [0.15, 0.2) is 30.3 Å². The average Bonchev–Trinajstić information content (AvgIpc) is 2.93. The second-order valence-corrected chi connectivity index (χ2v) is 6.47. The molecule has 0 amide bonds. The largest absolute Gasteiger partial charge is 0.478 e. The monoisotopic (exact) mass is 355 g/mol. The van der Waals surface area contributed by atoms with Gasteiger partial charge in [0.1, 0.15) is 11.6 Å². The Morgan fingerprint density at radius 3 is 2.65 bits per heavy atom. The lowest BCUT2D eigenvalue weighted by Crippen LogP contribution is -2.07. The van der Waals surface area contributed by atoms with Crippen molar-refractivity contribution in [3.05, 3.63) is 64.2 Å². The van der Waals surface area contributed by atoms with Crippen LogP contribution in [0.2, 0.25) is 0 Å². The molecule has 0 unspecified atom stereocenters. The minimum absolute atomic E-state index is 0.320. The number of benzene rings is 2. The SMILES string of the molecule is CCCc1nc2c(C)cc(CN)cc2n1Cc1ccc(C(=O)O)c(F)c1. The zero-order chi connectivity index (χ0) is 18.8. The number of carboxylic acid groups (broad SMARTS) is 1. The Morgan fingerprint density at radius 1 is 1.27 bits per heavy atom. The highest BCUT2D eigenvalue weighted by atomic mass is 19.1. The summed E-state index contributed by atoms with van der Waals surface area (Å²) >= 11 is 0. The molecule has 0 aliphatic heterocycles. The summed E-state index contributed by atoms with van der Waals surface area (Å²) in [6.07, 6.45) is 1.75. The number of nitrogens with zero attached hydrogens (tertiary/aromatic N) is 2.